The fraction of sp³-hybridized carbons (Fsp3) is 0.947. The largest absolute Gasteiger partial charge is 0.394 e. The number of amides is 2. The van der Waals surface area contributed by atoms with Gasteiger partial charge in [0.1, 0.15) is 110 Å². The van der Waals surface area contributed by atoms with Gasteiger partial charge in [-0.3, -0.25) is 9.59 Å². The van der Waals surface area contributed by atoms with Gasteiger partial charge in [0.15, 0.2) is 31.5 Å². The van der Waals surface area contributed by atoms with Crippen molar-refractivity contribution in [2.24, 2.45) is 0 Å². The molecule has 5 aliphatic rings. The van der Waals surface area contributed by atoms with Crippen LogP contribution in [-0.2, 0) is 57.0 Å². The maximum Gasteiger partial charge on any atom is 0.234 e. The molecule has 5 aliphatic heterocycles. The highest BCUT2D eigenvalue weighted by molar-refractivity contribution is 5.79. The van der Waals surface area contributed by atoms with E-state index in [-0.39, 0.29) is 46.0 Å². The van der Waals surface area contributed by atoms with Crippen LogP contribution >= 0.6 is 0 Å². The molecule has 0 spiro atoms. The van der Waals surface area contributed by atoms with Gasteiger partial charge in [-0.1, -0.05) is 0 Å². The van der Waals surface area contributed by atoms with Gasteiger partial charge < -0.3 is 145 Å². The summed E-state index contributed by atoms with van der Waals surface area (Å²) in [6.07, 6.45) is -35.1. The Morgan fingerprint density at radius 1 is 0.478 bits per heavy atom. The summed E-state index contributed by atoms with van der Waals surface area (Å²) in [4.78, 5) is 25.7. The van der Waals surface area contributed by atoms with Crippen LogP contribution in [-0.4, -0.2) is 315 Å². The molecular formula is C38H68N4O27. The van der Waals surface area contributed by atoms with Gasteiger partial charge in [-0.15, -0.1) is 0 Å². The second-order valence-electron chi connectivity index (χ2n) is 16.8. The number of carbonyl (C=O) groups excluding carboxylic acids is 2. The summed E-state index contributed by atoms with van der Waals surface area (Å²) in [5.74, 6) is -1.25. The third-order valence-corrected chi connectivity index (χ3v) is 12.0. The number of aliphatic hydroxyl groups excluding tert-OH is 15. The van der Waals surface area contributed by atoms with Crippen LogP contribution in [0.15, 0.2) is 0 Å². The van der Waals surface area contributed by atoms with E-state index in [4.69, 9.17) is 47.4 Å². The number of methoxy groups -OCH3 is 1. The molecule has 0 aromatic carbocycles. The lowest BCUT2D eigenvalue weighted by atomic mass is 9.97. The summed E-state index contributed by atoms with van der Waals surface area (Å²) in [5, 5.41) is 164. The van der Waals surface area contributed by atoms with Crippen LogP contribution in [0.3, 0.4) is 0 Å². The van der Waals surface area contributed by atoms with Crippen molar-refractivity contribution in [2.45, 2.75) is 147 Å². The first-order valence-electron chi connectivity index (χ1n) is 22.1. The summed E-state index contributed by atoms with van der Waals surface area (Å²) >= 11 is 0. The Labute approximate surface area is 393 Å². The van der Waals surface area contributed by atoms with Crippen molar-refractivity contribution in [3.05, 3.63) is 0 Å². The topological polar surface area (TPSA) is 478 Å². The molecule has 31 nitrogen and oxygen atoms in total. The summed E-state index contributed by atoms with van der Waals surface area (Å²) in [6.45, 7) is -4.34. The van der Waals surface area contributed by atoms with Crippen LogP contribution < -0.4 is 21.3 Å². The lowest BCUT2D eigenvalue weighted by molar-refractivity contribution is -0.359. The Morgan fingerprint density at radius 3 is 1.28 bits per heavy atom. The highest BCUT2D eigenvalue weighted by Gasteiger charge is 2.53. The molecule has 402 valence electrons. The molecule has 24 atom stereocenters. The summed E-state index contributed by atoms with van der Waals surface area (Å²) < 4.78 is 54.6. The van der Waals surface area contributed by atoms with Crippen molar-refractivity contribution >= 4 is 11.8 Å². The molecule has 5 heterocycles. The van der Waals surface area contributed by atoms with Crippen LogP contribution in [0.2, 0.25) is 0 Å². The lowest BCUT2D eigenvalue weighted by Crippen LogP contribution is -2.65. The van der Waals surface area contributed by atoms with Gasteiger partial charge in [-0.05, 0) is 0 Å². The van der Waals surface area contributed by atoms with E-state index >= 15 is 0 Å². The van der Waals surface area contributed by atoms with Gasteiger partial charge in [0.25, 0.3) is 0 Å². The number of rotatable bonds is 23. The monoisotopic (exact) mass is 1010 g/mol. The zero-order chi connectivity index (χ0) is 50.7. The molecule has 5 rings (SSSR count). The highest BCUT2D eigenvalue weighted by atomic mass is 16.8. The van der Waals surface area contributed by atoms with Gasteiger partial charge >= 0.3 is 0 Å². The average Bonchev–Trinajstić information content (AvgIpc) is 3.34. The standard InChI is InChI=1S/C38H68N4O27/c1-60-34-20(42-19(48)7-40-3-5-62-36-31(59)27(55)33(17(11-46)67-36)69-38-29(57)25(53)23(51)15(9-44)65-38)21(49)13(12-63-34)41-18(47)6-39-2-4-61-35-30(58)26(54)32(16(10-45)66-35)68-37-28(56)24(52)22(50)14(8-43)64-37/h13-17,20-40,43-46,49-59H,2-12H2,1H3,(H,41,47)(H,42,48)/t13-,14-,15-,16-,17-,20-,21+,22-,23-,24+,25+,26-,27-,28-,29-,30-,31-,32-,33-,34-,35-,36-,37-,38-/m1/s1. The first-order valence-corrected chi connectivity index (χ1v) is 22.1. The van der Waals surface area contributed by atoms with E-state index in [2.05, 4.69) is 21.3 Å². The number of hydrogen-bond acceptors (Lipinski definition) is 29. The maximum atomic E-state index is 12.9. The molecular weight excluding hydrogens is 944 g/mol. The quantitative estimate of drug-likeness (QED) is 0.0423. The first-order chi connectivity index (χ1) is 32.9. The van der Waals surface area contributed by atoms with Gasteiger partial charge in [0.05, 0.1) is 65.4 Å². The van der Waals surface area contributed by atoms with E-state index in [0.29, 0.717) is 0 Å². The minimum atomic E-state index is -1.83. The molecule has 0 aromatic heterocycles. The smallest absolute Gasteiger partial charge is 0.234 e. The van der Waals surface area contributed by atoms with Crippen LogP contribution in [0, 0.1) is 0 Å². The third-order valence-electron chi connectivity index (χ3n) is 12.0. The van der Waals surface area contributed by atoms with E-state index in [1.54, 1.807) is 0 Å². The Balaban J connectivity index is 0.985. The molecule has 0 unspecified atom stereocenters. The zero-order valence-corrected chi connectivity index (χ0v) is 37.2. The van der Waals surface area contributed by atoms with Crippen molar-refractivity contribution in [3.8, 4) is 0 Å². The molecule has 0 bridgehead atoms. The predicted molar refractivity (Wildman–Crippen MR) is 217 cm³/mol. The van der Waals surface area contributed by atoms with E-state index < -0.39 is 186 Å². The van der Waals surface area contributed by atoms with Gasteiger partial charge in [0.2, 0.25) is 11.8 Å². The minimum Gasteiger partial charge on any atom is -0.394 e. The predicted octanol–water partition coefficient (Wildman–Crippen LogP) is -13.2. The van der Waals surface area contributed by atoms with Gasteiger partial charge in [-0.2, -0.15) is 0 Å². The summed E-state index contributed by atoms with van der Waals surface area (Å²) in [7, 11) is 1.28. The second-order valence-corrected chi connectivity index (χ2v) is 16.8. The van der Waals surface area contributed by atoms with Gasteiger partial charge in [-0.25, -0.2) is 0 Å². The average molecular weight is 1010 g/mol. The van der Waals surface area contributed by atoms with Gasteiger partial charge in [0, 0.05) is 20.2 Å². The highest BCUT2D eigenvalue weighted by Crippen LogP contribution is 2.31. The third kappa shape index (κ3) is 14.3. The van der Waals surface area contributed by atoms with E-state index in [1.165, 1.54) is 7.11 Å². The summed E-state index contributed by atoms with van der Waals surface area (Å²) in [6, 6.07) is -2.18. The van der Waals surface area contributed by atoms with Crippen molar-refractivity contribution in [1.29, 1.82) is 0 Å². The van der Waals surface area contributed by atoms with Crippen molar-refractivity contribution in [3.63, 3.8) is 0 Å². The number of carbonyl (C=O) groups is 2. The van der Waals surface area contributed by atoms with Crippen LogP contribution in [0.5, 0.6) is 0 Å². The molecule has 2 amide bonds. The normalized spacial score (nSPS) is 44.1. The van der Waals surface area contributed by atoms with E-state index in [1.807, 2.05) is 0 Å². The van der Waals surface area contributed by atoms with Crippen LogP contribution in [0.25, 0.3) is 0 Å². The summed E-state index contributed by atoms with van der Waals surface area (Å²) in [5.41, 5.74) is 0. The molecule has 5 saturated heterocycles. The molecule has 69 heavy (non-hydrogen) atoms. The Bertz CT molecular complexity index is 1550. The Hall–Kier alpha value is -2.14. The van der Waals surface area contributed by atoms with Crippen LogP contribution in [0.4, 0.5) is 0 Å². The van der Waals surface area contributed by atoms with E-state index in [9.17, 15) is 86.2 Å². The number of ether oxygens (including phenoxy) is 10. The molecule has 31 heteroatoms. The molecule has 0 aliphatic carbocycles. The molecule has 0 aromatic rings. The SMILES string of the molecule is CO[C@@H]1OC[C@@H](NC(=O)CNCCO[C@@H]2O[C@H](CO)[C@@H](O[C@H]3O[C@H](CO)[C@@H](O)[C@H](O)[C@H]3O)[C@H](O)[C@H]2O)[C@H](O)[C@H]1NC(=O)CNCCO[C@@H]1O[C@H](CO)[C@@H](O[C@H]2O[C@H](CO)[C@@H](O)[C@H](O)[C@H]2O)[C@H](O)[C@H]1O. The van der Waals surface area contributed by atoms with Crippen LogP contribution in [0.1, 0.15) is 0 Å². The fourth-order valence-corrected chi connectivity index (χ4v) is 8.09. The van der Waals surface area contributed by atoms with Crippen molar-refractivity contribution in [1.82, 2.24) is 21.3 Å². The zero-order valence-electron chi connectivity index (χ0n) is 37.2. The minimum absolute atomic E-state index is 0.0137. The number of nitrogens with one attached hydrogen (secondary N) is 4. The Morgan fingerprint density at radius 2 is 0.870 bits per heavy atom. The molecule has 19 N–H and O–H groups in total. The Kier molecular flexibility index (Phi) is 22.8. The maximum absolute atomic E-state index is 12.9. The molecule has 0 radical (unpaired) electrons. The van der Waals surface area contributed by atoms with Crippen molar-refractivity contribution < 1.29 is 134 Å². The lowest BCUT2D eigenvalue weighted by Gasteiger charge is -2.45. The first kappa shape index (κ1) is 57.8. The number of hydrogen-bond donors (Lipinski definition) is 19. The second kappa shape index (κ2) is 27.2. The molecule has 0 saturated carbocycles. The molecule has 5 fully saturated rings. The number of aliphatic hydroxyl groups is 15. The van der Waals surface area contributed by atoms with E-state index in [0.717, 1.165) is 0 Å². The fourth-order valence-electron chi connectivity index (χ4n) is 8.09. The van der Waals surface area contributed by atoms with Crippen molar-refractivity contribution in [2.75, 3.05) is 79.5 Å².